The normalized spacial score (nSPS) is 12.3. The van der Waals surface area contributed by atoms with E-state index in [2.05, 4.69) is 15.5 Å². The third-order valence-electron chi connectivity index (χ3n) is 4.09. The lowest BCUT2D eigenvalue weighted by Gasteiger charge is -2.20. The Bertz CT molecular complexity index is 821. The van der Waals surface area contributed by atoms with E-state index in [1.807, 2.05) is 44.3 Å². The zero-order valence-corrected chi connectivity index (χ0v) is 16.1. The van der Waals surface area contributed by atoms with Gasteiger partial charge >= 0.3 is 6.03 Å². The maximum absolute atomic E-state index is 12.0. The van der Waals surface area contributed by atoms with E-state index in [1.54, 1.807) is 24.3 Å². The fourth-order valence-electron chi connectivity index (χ4n) is 2.48. The van der Waals surface area contributed by atoms with Crippen molar-refractivity contribution in [3.05, 3.63) is 60.2 Å². The molecule has 0 radical (unpaired) electrons. The van der Waals surface area contributed by atoms with Gasteiger partial charge in [0.05, 0.1) is 10.9 Å². The minimum absolute atomic E-state index is 0.226. The van der Waals surface area contributed by atoms with Gasteiger partial charge in [-0.15, -0.1) is 0 Å². The minimum atomic E-state index is -3.22. The van der Waals surface area contributed by atoms with Crippen LogP contribution in [0.15, 0.2) is 59.5 Å². The maximum atomic E-state index is 12.0. The average Bonchev–Trinajstić information content (AvgIpc) is 2.61. The van der Waals surface area contributed by atoms with E-state index >= 15 is 0 Å². The van der Waals surface area contributed by atoms with Gasteiger partial charge in [0.2, 0.25) is 0 Å². The number of hydrogen-bond donors (Lipinski definition) is 2. The molecule has 2 aromatic rings. The van der Waals surface area contributed by atoms with Crippen molar-refractivity contribution in [3.63, 3.8) is 0 Å². The van der Waals surface area contributed by atoms with Crippen LogP contribution in [0.3, 0.4) is 0 Å². The number of benzene rings is 2. The number of hydrogen-bond acceptors (Lipinski definition) is 4. The molecule has 0 saturated heterocycles. The number of urea groups is 1. The highest BCUT2D eigenvalue weighted by Gasteiger charge is 2.11. The van der Waals surface area contributed by atoms with Crippen LogP contribution in [0.2, 0.25) is 0 Å². The number of carbonyl (C=O) groups is 1. The molecule has 140 valence electrons. The molecular formula is C19H25N3O3S. The molecule has 0 heterocycles. The Labute approximate surface area is 155 Å². The standard InChI is InChI=1S/C19H25N3O3S/c1-15(16-9-11-18(12-10-16)26(3,24)25)21-19(23)20-13-14-22(2)17-7-5-4-6-8-17/h4-12,15H,13-14H2,1-3H3,(H2,20,21,23). The molecule has 2 amide bonds. The zero-order valence-electron chi connectivity index (χ0n) is 15.3. The Morgan fingerprint density at radius 2 is 1.69 bits per heavy atom. The first-order valence-electron chi connectivity index (χ1n) is 8.38. The Hall–Kier alpha value is -2.54. The number of rotatable bonds is 7. The van der Waals surface area contributed by atoms with E-state index in [1.165, 1.54) is 6.26 Å². The number of likely N-dealkylation sites (N-methyl/N-ethyl adjacent to an activating group) is 1. The lowest BCUT2D eigenvalue weighted by molar-refractivity contribution is 0.238. The topological polar surface area (TPSA) is 78.5 Å². The van der Waals surface area contributed by atoms with Crippen molar-refractivity contribution >= 4 is 21.6 Å². The summed E-state index contributed by atoms with van der Waals surface area (Å²) >= 11 is 0. The number of anilines is 1. The SMILES string of the molecule is CC(NC(=O)NCCN(C)c1ccccc1)c1ccc(S(C)(=O)=O)cc1. The monoisotopic (exact) mass is 375 g/mol. The van der Waals surface area contributed by atoms with E-state index in [-0.39, 0.29) is 17.0 Å². The highest BCUT2D eigenvalue weighted by Crippen LogP contribution is 2.16. The highest BCUT2D eigenvalue weighted by atomic mass is 32.2. The molecule has 0 fully saturated rings. The van der Waals surface area contributed by atoms with Crippen molar-refractivity contribution in [1.82, 2.24) is 10.6 Å². The number of nitrogens with one attached hydrogen (secondary N) is 2. The van der Waals surface area contributed by atoms with Crippen LogP contribution in [-0.2, 0) is 9.84 Å². The lowest BCUT2D eigenvalue weighted by Crippen LogP contribution is -2.40. The van der Waals surface area contributed by atoms with Crippen LogP contribution in [0, 0.1) is 0 Å². The predicted octanol–water partition coefficient (Wildman–Crippen LogP) is 2.59. The molecule has 0 aliphatic carbocycles. The molecular weight excluding hydrogens is 350 g/mol. The highest BCUT2D eigenvalue weighted by molar-refractivity contribution is 7.90. The molecule has 0 bridgehead atoms. The van der Waals surface area contributed by atoms with Crippen molar-refractivity contribution in [2.24, 2.45) is 0 Å². The molecule has 26 heavy (non-hydrogen) atoms. The van der Waals surface area contributed by atoms with Gasteiger partial charge in [-0.25, -0.2) is 13.2 Å². The molecule has 2 N–H and O–H groups in total. The first kappa shape index (κ1) is 19.8. The Morgan fingerprint density at radius 1 is 1.08 bits per heavy atom. The molecule has 0 saturated carbocycles. The van der Waals surface area contributed by atoms with Crippen LogP contribution < -0.4 is 15.5 Å². The molecule has 2 rings (SSSR count). The van der Waals surface area contributed by atoms with Crippen LogP contribution in [0.1, 0.15) is 18.5 Å². The number of carbonyl (C=O) groups excluding carboxylic acids is 1. The third kappa shape index (κ3) is 5.77. The first-order chi connectivity index (χ1) is 12.3. The minimum Gasteiger partial charge on any atom is -0.373 e. The van der Waals surface area contributed by atoms with Crippen LogP contribution in [0.25, 0.3) is 0 Å². The molecule has 0 aromatic heterocycles. The van der Waals surface area contributed by atoms with E-state index in [9.17, 15) is 13.2 Å². The van der Waals surface area contributed by atoms with E-state index in [0.717, 1.165) is 11.3 Å². The maximum Gasteiger partial charge on any atom is 0.315 e. The summed E-state index contributed by atoms with van der Waals surface area (Å²) < 4.78 is 23.0. The summed E-state index contributed by atoms with van der Waals surface area (Å²) in [5, 5.41) is 5.68. The van der Waals surface area contributed by atoms with Crippen molar-refractivity contribution < 1.29 is 13.2 Å². The second-order valence-electron chi connectivity index (χ2n) is 6.22. The smallest absolute Gasteiger partial charge is 0.315 e. The summed E-state index contributed by atoms with van der Waals surface area (Å²) in [5.74, 6) is 0. The number of para-hydroxylation sites is 1. The second-order valence-corrected chi connectivity index (χ2v) is 8.24. The molecule has 0 aliphatic rings. The van der Waals surface area contributed by atoms with Gasteiger partial charge in [-0.1, -0.05) is 30.3 Å². The first-order valence-corrected chi connectivity index (χ1v) is 10.3. The molecule has 2 aromatic carbocycles. The van der Waals surface area contributed by atoms with Crippen LogP contribution in [0.5, 0.6) is 0 Å². The van der Waals surface area contributed by atoms with Crippen molar-refractivity contribution in [1.29, 1.82) is 0 Å². The van der Waals surface area contributed by atoms with E-state index in [0.29, 0.717) is 13.1 Å². The molecule has 0 spiro atoms. The fraction of sp³-hybridized carbons (Fsp3) is 0.316. The van der Waals surface area contributed by atoms with Gasteiger partial charge in [0.25, 0.3) is 0 Å². The zero-order chi connectivity index (χ0) is 19.2. The summed E-state index contributed by atoms with van der Waals surface area (Å²) in [6.07, 6.45) is 1.17. The van der Waals surface area contributed by atoms with Crippen molar-refractivity contribution in [2.75, 3.05) is 31.3 Å². The van der Waals surface area contributed by atoms with Crippen LogP contribution in [0.4, 0.5) is 10.5 Å². The van der Waals surface area contributed by atoms with Crippen molar-refractivity contribution in [3.8, 4) is 0 Å². The number of amides is 2. The van der Waals surface area contributed by atoms with E-state index in [4.69, 9.17) is 0 Å². The van der Waals surface area contributed by atoms with Gasteiger partial charge in [-0.3, -0.25) is 0 Å². The van der Waals surface area contributed by atoms with Gasteiger partial charge in [0.15, 0.2) is 9.84 Å². The summed E-state index contributed by atoms with van der Waals surface area (Å²) in [4.78, 5) is 14.4. The van der Waals surface area contributed by atoms with Crippen molar-refractivity contribution in [2.45, 2.75) is 17.9 Å². The third-order valence-corrected chi connectivity index (χ3v) is 5.21. The Kier molecular flexibility index (Phi) is 6.63. The molecule has 0 aliphatic heterocycles. The quantitative estimate of drug-likeness (QED) is 0.780. The van der Waals surface area contributed by atoms with Gasteiger partial charge < -0.3 is 15.5 Å². The Morgan fingerprint density at radius 3 is 2.27 bits per heavy atom. The Balaban J connectivity index is 1.80. The van der Waals surface area contributed by atoms with Gasteiger partial charge in [0, 0.05) is 32.1 Å². The molecule has 7 heteroatoms. The fourth-order valence-corrected chi connectivity index (χ4v) is 3.11. The molecule has 6 nitrogen and oxygen atoms in total. The van der Waals surface area contributed by atoms with Gasteiger partial charge in [-0.05, 0) is 36.8 Å². The van der Waals surface area contributed by atoms with Crippen LogP contribution >= 0.6 is 0 Å². The summed E-state index contributed by atoms with van der Waals surface area (Å²) in [7, 11) is -1.24. The van der Waals surface area contributed by atoms with Crippen LogP contribution in [-0.4, -0.2) is 40.8 Å². The number of sulfone groups is 1. The predicted molar refractivity (Wildman–Crippen MR) is 104 cm³/mol. The lowest BCUT2D eigenvalue weighted by atomic mass is 10.1. The average molecular weight is 375 g/mol. The van der Waals surface area contributed by atoms with E-state index < -0.39 is 9.84 Å². The largest absolute Gasteiger partial charge is 0.373 e. The van der Waals surface area contributed by atoms with Gasteiger partial charge in [0.1, 0.15) is 0 Å². The second kappa shape index (κ2) is 8.71. The summed E-state index contributed by atoms with van der Waals surface area (Å²) in [5.41, 5.74) is 1.93. The van der Waals surface area contributed by atoms with Gasteiger partial charge in [-0.2, -0.15) is 0 Å². The summed E-state index contributed by atoms with van der Waals surface area (Å²) in [6.45, 7) is 3.05. The molecule has 1 atom stereocenters. The summed E-state index contributed by atoms with van der Waals surface area (Å²) in [6, 6.07) is 16.0. The molecule has 1 unspecified atom stereocenters. The number of nitrogens with zero attached hydrogens (tertiary/aromatic N) is 1.